The average Bonchev–Trinajstić information content (AvgIpc) is 4.13. The summed E-state index contributed by atoms with van der Waals surface area (Å²) in [5.41, 5.74) is 6.23. The summed E-state index contributed by atoms with van der Waals surface area (Å²) >= 11 is 0. The number of carbonyl (C=O) groups is 4. The number of nitrogens with one attached hydrogen (secondary N) is 4. The molecule has 2 saturated heterocycles. The summed E-state index contributed by atoms with van der Waals surface area (Å²) in [7, 11) is 4.22. The van der Waals surface area contributed by atoms with E-state index in [9.17, 15) is 19.2 Å². The molecule has 2 aliphatic rings. The van der Waals surface area contributed by atoms with Crippen LogP contribution in [0.2, 0.25) is 0 Å². The van der Waals surface area contributed by atoms with Gasteiger partial charge in [-0.2, -0.15) is 0 Å². The van der Waals surface area contributed by atoms with Gasteiger partial charge in [0.05, 0.1) is 55.8 Å². The second-order valence-electron chi connectivity index (χ2n) is 16.4. The van der Waals surface area contributed by atoms with Crippen LogP contribution in [0.3, 0.4) is 0 Å². The fourth-order valence-electron chi connectivity index (χ4n) is 8.90. The van der Waals surface area contributed by atoms with Gasteiger partial charge >= 0.3 is 12.2 Å². The Balaban J connectivity index is 1.01. The Morgan fingerprint density at radius 2 is 1.52 bits per heavy atom. The molecule has 62 heavy (non-hydrogen) atoms. The lowest BCUT2D eigenvalue weighted by molar-refractivity contribution is -0.136. The number of carbonyl (C=O) groups excluding carboxylic acids is 4. The Hall–Kier alpha value is -6.74. The first kappa shape index (κ1) is 42.0. The van der Waals surface area contributed by atoms with Crippen LogP contribution in [0, 0.1) is 11.8 Å². The lowest BCUT2D eigenvalue weighted by Crippen LogP contribution is -2.51. The van der Waals surface area contributed by atoms with Gasteiger partial charge in [0.15, 0.2) is 0 Å². The molecule has 4 amide bonds. The Kier molecular flexibility index (Phi) is 12.2. The predicted octanol–water partition coefficient (Wildman–Crippen LogP) is 7.45. The summed E-state index contributed by atoms with van der Waals surface area (Å²) in [4.78, 5) is 72.8. The second kappa shape index (κ2) is 18.1. The minimum atomic E-state index is -0.941. The zero-order chi connectivity index (χ0) is 43.5. The number of nitrogens with zero attached hydrogens (tertiary/aromatic N) is 4. The molecule has 15 heteroatoms. The molecule has 6 aromatic rings. The van der Waals surface area contributed by atoms with E-state index in [1.54, 1.807) is 23.1 Å². The van der Waals surface area contributed by atoms with Gasteiger partial charge in [0.2, 0.25) is 5.91 Å². The highest BCUT2D eigenvalue weighted by Crippen LogP contribution is 2.39. The summed E-state index contributed by atoms with van der Waals surface area (Å²) in [6, 6.07) is 25.6. The van der Waals surface area contributed by atoms with E-state index in [4.69, 9.17) is 24.2 Å². The van der Waals surface area contributed by atoms with Crippen molar-refractivity contribution < 1.29 is 33.4 Å². The van der Waals surface area contributed by atoms with E-state index in [0.29, 0.717) is 43.3 Å². The maximum absolute atomic E-state index is 14.3. The molecule has 4 N–H and O–H groups in total. The van der Waals surface area contributed by atoms with E-state index in [1.165, 1.54) is 14.2 Å². The van der Waals surface area contributed by atoms with Crippen LogP contribution in [0.4, 0.5) is 9.59 Å². The molecular weight excluding hydrogens is 789 g/mol. The maximum atomic E-state index is 14.3. The molecule has 2 aromatic heterocycles. The van der Waals surface area contributed by atoms with E-state index in [1.807, 2.05) is 50.2 Å². The van der Waals surface area contributed by atoms with E-state index < -0.39 is 24.3 Å². The quantitative estimate of drug-likeness (QED) is 0.0972. The minimum Gasteiger partial charge on any atom is -0.453 e. The number of hydrogen-bond acceptors (Lipinski definition) is 9. The number of alkyl carbamates (subject to hydrolysis) is 2. The molecule has 0 radical (unpaired) electrons. The molecule has 0 aliphatic carbocycles. The normalized spacial score (nSPS) is 18.6. The van der Waals surface area contributed by atoms with E-state index in [-0.39, 0.29) is 35.7 Å². The number of H-pyrrole nitrogens is 2. The first-order chi connectivity index (χ1) is 30.1. The van der Waals surface area contributed by atoms with Crippen molar-refractivity contribution in [3.8, 4) is 22.4 Å². The highest BCUT2D eigenvalue weighted by atomic mass is 16.5. The number of amides is 4. The monoisotopic (exact) mass is 840 g/mol. The summed E-state index contributed by atoms with van der Waals surface area (Å²) in [6.45, 7) is 5.31. The van der Waals surface area contributed by atoms with Crippen molar-refractivity contribution in [1.29, 1.82) is 0 Å². The first-order valence-corrected chi connectivity index (χ1v) is 21.0. The van der Waals surface area contributed by atoms with Crippen LogP contribution in [-0.4, -0.2) is 101 Å². The van der Waals surface area contributed by atoms with Crippen molar-refractivity contribution in [3.05, 3.63) is 108 Å². The number of rotatable bonds is 12. The van der Waals surface area contributed by atoms with E-state index in [0.717, 1.165) is 57.0 Å². The molecule has 322 valence electrons. The third kappa shape index (κ3) is 8.44. The van der Waals surface area contributed by atoms with E-state index in [2.05, 4.69) is 69.1 Å². The predicted molar refractivity (Wildman–Crippen MR) is 234 cm³/mol. The molecule has 0 unspecified atom stereocenters. The Morgan fingerprint density at radius 3 is 2.24 bits per heavy atom. The Bertz CT molecular complexity index is 2570. The molecule has 2 fully saturated rings. The molecule has 0 bridgehead atoms. The van der Waals surface area contributed by atoms with Crippen molar-refractivity contribution in [2.24, 2.45) is 11.8 Å². The lowest BCUT2D eigenvalue weighted by Gasteiger charge is -2.30. The number of likely N-dealkylation sites (tertiary alicyclic amines) is 2. The van der Waals surface area contributed by atoms with Gasteiger partial charge in [-0.15, -0.1) is 0 Å². The standard InChI is InChI=1S/C47H52N8O7/c1-27(2)39(52-46(58)61-4)44(56)54-21-9-12-37(54)42-48-24-36(50-42)30-15-13-29(14-16-30)32-17-19-34-33(23-32)18-20-35-41(34)51-43(49-35)38-22-28(26-60-3)25-55(38)45(57)40(53-47(59)62-5)31-10-7-6-8-11-31/h6-8,10-11,13-20,23-24,27-28,37-40H,9,12,21-22,25-26H2,1-5H3,(H,48,50)(H,49,51)(H,52,58)(H,53,59)/t28-,37-,38-,39-,40+/m0/s1. The van der Waals surface area contributed by atoms with Gasteiger partial charge in [-0.3, -0.25) is 9.59 Å². The molecule has 15 nitrogen and oxygen atoms in total. The van der Waals surface area contributed by atoms with Gasteiger partial charge in [-0.25, -0.2) is 19.6 Å². The zero-order valence-corrected chi connectivity index (χ0v) is 35.5. The molecule has 5 atom stereocenters. The number of benzene rings is 4. The highest BCUT2D eigenvalue weighted by Gasteiger charge is 2.42. The highest BCUT2D eigenvalue weighted by molar-refractivity contribution is 6.05. The smallest absolute Gasteiger partial charge is 0.407 e. The Morgan fingerprint density at radius 1 is 0.790 bits per heavy atom. The van der Waals surface area contributed by atoms with Gasteiger partial charge in [0.25, 0.3) is 5.91 Å². The molecule has 0 spiro atoms. The maximum Gasteiger partial charge on any atom is 0.407 e. The van der Waals surface area contributed by atoms with Crippen molar-refractivity contribution in [2.75, 3.05) is 41.0 Å². The number of aromatic amines is 2. The minimum absolute atomic E-state index is 0.0758. The molecule has 8 rings (SSSR count). The lowest BCUT2D eigenvalue weighted by atomic mass is 9.99. The van der Waals surface area contributed by atoms with Crippen LogP contribution < -0.4 is 10.6 Å². The number of hydrogen-bond donors (Lipinski definition) is 4. The average molecular weight is 841 g/mol. The molecule has 4 aromatic carbocycles. The molecule has 4 heterocycles. The van der Waals surface area contributed by atoms with Crippen molar-refractivity contribution in [3.63, 3.8) is 0 Å². The summed E-state index contributed by atoms with van der Waals surface area (Å²) in [5, 5.41) is 7.45. The number of imidazole rings is 2. The molecule has 2 aliphatic heterocycles. The first-order valence-electron chi connectivity index (χ1n) is 21.0. The van der Waals surface area contributed by atoms with Crippen molar-refractivity contribution in [2.45, 2.75) is 57.3 Å². The second-order valence-corrected chi connectivity index (χ2v) is 16.4. The van der Waals surface area contributed by atoms with Gasteiger partial charge < -0.3 is 44.6 Å². The van der Waals surface area contributed by atoms with Gasteiger partial charge in [0.1, 0.15) is 23.7 Å². The van der Waals surface area contributed by atoms with Crippen LogP contribution in [0.15, 0.2) is 91.1 Å². The van der Waals surface area contributed by atoms with Gasteiger partial charge in [-0.05, 0) is 65.0 Å². The van der Waals surface area contributed by atoms with Crippen molar-refractivity contribution >= 4 is 45.8 Å². The number of ether oxygens (including phenoxy) is 3. The number of aromatic nitrogens is 4. The van der Waals surface area contributed by atoms with Gasteiger partial charge in [0, 0.05) is 31.5 Å². The summed E-state index contributed by atoms with van der Waals surface area (Å²) in [6.07, 6.45) is 2.74. The fraction of sp³-hybridized carbons (Fsp3) is 0.362. The van der Waals surface area contributed by atoms with Crippen LogP contribution >= 0.6 is 0 Å². The molecule has 0 saturated carbocycles. The fourth-order valence-corrected chi connectivity index (χ4v) is 8.90. The van der Waals surface area contributed by atoms with E-state index >= 15 is 0 Å². The van der Waals surface area contributed by atoms with Gasteiger partial charge in [-0.1, -0.05) is 86.6 Å². The third-order valence-corrected chi connectivity index (χ3v) is 12.1. The Labute approximate surface area is 359 Å². The number of fused-ring (bicyclic) bond motifs is 3. The summed E-state index contributed by atoms with van der Waals surface area (Å²) in [5.74, 6) is 0.951. The number of methoxy groups -OCH3 is 3. The largest absolute Gasteiger partial charge is 0.453 e. The van der Waals surface area contributed by atoms with Crippen LogP contribution in [0.5, 0.6) is 0 Å². The third-order valence-electron chi connectivity index (χ3n) is 12.1. The topological polar surface area (TPSA) is 184 Å². The van der Waals surface area contributed by atoms with Crippen molar-refractivity contribution in [1.82, 2.24) is 40.4 Å². The SMILES string of the molecule is COC[C@H]1C[C@@H](c2nc3c(ccc4cc(-c5ccc(-c6cnc([C@@H]7CCCN7C(=O)[C@@H](NC(=O)OC)C(C)C)[nH]6)cc5)ccc43)[nH]2)N(C(=O)[C@H](NC(=O)OC)c2ccccc2)C1. The van der Waals surface area contributed by atoms with Crippen LogP contribution in [-0.2, 0) is 23.8 Å². The molecular formula is C47H52N8O7. The summed E-state index contributed by atoms with van der Waals surface area (Å²) < 4.78 is 15.2. The van der Waals surface area contributed by atoms with Crippen LogP contribution in [0.25, 0.3) is 44.2 Å². The van der Waals surface area contributed by atoms with Crippen LogP contribution in [0.1, 0.15) is 68.4 Å². The zero-order valence-electron chi connectivity index (χ0n) is 35.5.